The minimum atomic E-state index is -3.53. The van der Waals surface area contributed by atoms with E-state index in [4.69, 9.17) is 0 Å². The van der Waals surface area contributed by atoms with E-state index >= 15 is 0 Å². The average Bonchev–Trinajstić information content (AvgIpc) is 2.97. The molecule has 1 fully saturated rings. The van der Waals surface area contributed by atoms with Crippen molar-refractivity contribution in [1.82, 2.24) is 4.31 Å². The first-order valence-electron chi connectivity index (χ1n) is 7.83. The maximum atomic E-state index is 12.5. The number of hydrogen-bond donors (Lipinski definition) is 0. The molecule has 0 saturated carbocycles. The Kier molecular flexibility index (Phi) is 5.61. The second kappa shape index (κ2) is 7.31. The minimum Gasteiger partial charge on any atom is -0.469 e. The maximum Gasteiger partial charge on any atom is 0.311 e. The predicted octanol–water partition coefficient (Wildman–Crippen LogP) is 1.24. The van der Waals surface area contributed by atoms with Crippen LogP contribution in [0.2, 0.25) is 0 Å². The molecule has 0 aliphatic carbocycles. The van der Waals surface area contributed by atoms with E-state index in [0.29, 0.717) is 18.8 Å². The van der Waals surface area contributed by atoms with Crippen LogP contribution < -0.4 is 4.90 Å². The summed E-state index contributed by atoms with van der Waals surface area (Å²) in [5, 5.41) is 0. The number of ether oxygens (including phenoxy) is 1. The van der Waals surface area contributed by atoms with Crippen LogP contribution in [0.25, 0.3) is 0 Å². The molecule has 0 spiro atoms. The summed E-state index contributed by atoms with van der Waals surface area (Å²) in [6, 6.07) is 6.16. The van der Waals surface area contributed by atoms with Gasteiger partial charge in [0.2, 0.25) is 15.9 Å². The molecule has 0 N–H and O–H groups in total. The van der Waals surface area contributed by atoms with Crippen LogP contribution >= 0.6 is 0 Å². The number of carbonyl (C=O) groups excluding carboxylic acids is 2. The number of hydrogen-bond acceptors (Lipinski definition) is 5. The molecule has 1 aliphatic heterocycles. The third-order valence-electron chi connectivity index (χ3n) is 4.15. The van der Waals surface area contributed by atoms with Crippen molar-refractivity contribution in [3.05, 3.63) is 24.3 Å². The number of amides is 1. The van der Waals surface area contributed by atoms with E-state index in [0.717, 1.165) is 0 Å². The van der Waals surface area contributed by atoms with Crippen molar-refractivity contribution in [2.24, 2.45) is 5.92 Å². The van der Waals surface area contributed by atoms with Crippen LogP contribution in [0.5, 0.6) is 0 Å². The zero-order valence-corrected chi connectivity index (χ0v) is 14.9. The standard InChI is InChI=1S/C16H22N2O5S/c1-4-17(5-2)24(21,22)14-8-6-13(7-9-14)18-11-12(10-15(18)19)16(20)23-3/h6-9,12H,4-5,10-11H2,1-3H3/t12-/m0/s1. The highest BCUT2D eigenvalue weighted by Gasteiger charge is 2.36. The summed E-state index contributed by atoms with van der Waals surface area (Å²) in [6.07, 6.45) is 0.103. The number of anilines is 1. The number of benzene rings is 1. The molecule has 1 aromatic rings. The van der Waals surface area contributed by atoms with Crippen molar-refractivity contribution in [1.29, 1.82) is 0 Å². The molecule has 0 unspecified atom stereocenters. The molecule has 8 heteroatoms. The first-order valence-corrected chi connectivity index (χ1v) is 9.27. The highest BCUT2D eigenvalue weighted by molar-refractivity contribution is 7.89. The monoisotopic (exact) mass is 354 g/mol. The molecule has 24 heavy (non-hydrogen) atoms. The molecule has 1 atom stereocenters. The second-order valence-corrected chi connectivity index (χ2v) is 7.45. The van der Waals surface area contributed by atoms with Crippen molar-refractivity contribution >= 4 is 27.6 Å². The predicted molar refractivity (Wildman–Crippen MR) is 89.0 cm³/mol. The molecule has 1 saturated heterocycles. The van der Waals surface area contributed by atoms with Crippen molar-refractivity contribution in [3.63, 3.8) is 0 Å². The molecule has 1 amide bonds. The molecule has 1 aromatic carbocycles. The number of esters is 1. The SMILES string of the molecule is CCN(CC)S(=O)(=O)c1ccc(N2C[C@@H](C(=O)OC)CC2=O)cc1. The van der Waals surface area contributed by atoms with Gasteiger partial charge in [0.05, 0.1) is 17.9 Å². The first-order chi connectivity index (χ1) is 11.3. The Morgan fingerprint density at radius 3 is 2.33 bits per heavy atom. The van der Waals surface area contributed by atoms with Crippen LogP contribution in [-0.4, -0.2) is 51.3 Å². The Morgan fingerprint density at radius 2 is 1.83 bits per heavy atom. The largest absolute Gasteiger partial charge is 0.469 e. The molecule has 7 nitrogen and oxygen atoms in total. The number of methoxy groups -OCH3 is 1. The smallest absolute Gasteiger partial charge is 0.311 e. The van der Waals surface area contributed by atoms with E-state index in [-0.39, 0.29) is 23.8 Å². The first kappa shape index (κ1) is 18.4. The lowest BCUT2D eigenvalue weighted by Gasteiger charge is -2.20. The number of rotatable bonds is 6. The Morgan fingerprint density at radius 1 is 1.25 bits per heavy atom. The lowest BCUT2D eigenvalue weighted by molar-refractivity contribution is -0.145. The fraction of sp³-hybridized carbons (Fsp3) is 0.500. The fourth-order valence-corrected chi connectivity index (χ4v) is 4.25. The van der Waals surface area contributed by atoms with E-state index in [1.54, 1.807) is 26.0 Å². The van der Waals surface area contributed by atoms with Gasteiger partial charge in [-0.25, -0.2) is 8.42 Å². The zero-order valence-electron chi connectivity index (χ0n) is 14.1. The highest BCUT2D eigenvalue weighted by Crippen LogP contribution is 2.27. The van der Waals surface area contributed by atoms with Crippen LogP contribution in [-0.2, 0) is 24.3 Å². The lowest BCUT2D eigenvalue weighted by atomic mass is 10.1. The third-order valence-corrected chi connectivity index (χ3v) is 6.22. The minimum absolute atomic E-state index is 0.103. The van der Waals surface area contributed by atoms with Gasteiger partial charge in [-0.3, -0.25) is 9.59 Å². The van der Waals surface area contributed by atoms with Gasteiger partial charge in [0, 0.05) is 31.7 Å². The van der Waals surface area contributed by atoms with Gasteiger partial charge in [-0.2, -0.15) is 4.31 Å². The van der Waals surface area contributed by atoms with E-state index in [9.17, 15) is 18.0 Å². The molecule has 0 radical (unpaired) electrons. The van der Waals surface area contributed by atoms with Crippen LogP contribution in [0, 0.1) is 5.92 Å². The van der Waals surface area contributed by atoms with Gasteiger partial charge in [0.1, 0.15) is 0 Å². The van der Waals surface area contributed by atoms with Gasteiger partial charge in [-0.1, -0.05) is 13.8 Å². The number of nitrogens with zero attached hydrogens (tertiary/aromatic N) is 2. The molecular formula is C16H22N2O5S. The Balaban J connectivity index is 2.21. The maximum absolute atomic E-state index is 12.5. The van der Waals surface area contributed by atoms with Crippen molar-refractivity contribution < 1.29 is 22.7 Å². The van der Waals surface area contributed by atoms with Crippen molar-refractivity contribution in [3.8, 4) is 0 Å². The highest BCUT2D eigenvalue weighted by atomic mass is 32.2. The van der Waals surface area contributed by atoms with Gasteiger partial charge >= 0.3 is 5.97 Å². The van der Waals surface area contributed by atoms with Gasteiger partial charge < -0.3 is 9.64 Å². The second-order valence-electron chi connectivity index (χ2n) is 5.51. The normalized spacial score (nSPS) is 18.2. The molecule has 132 valence electrons. The molecule has 1 aliphatic rings. The Labute approximate surface area is 142 Å². The van der Waals surface area contributed by atoms with Gasteiger partial charge in [0.25, 0.3) is 0 Å². The number of carbonyl (C=O) groups is 2. The summed E-state index contributed by atoms with van der Waals surface area (Å²) in [4.78, 5) is 25.3. The molecule has 0 aromatic heterocycles. The van der Waals surface area contributed by atoms with Crippen LogP contribution in [0.15, 0.2) is 29.2 Å². The number of sulfonamides is 1. The van der Waals surface area contributed by atoms with E-state index in [1.165, 1.54) is 28.4 Å². The Bertz CT molecular complexity index is 710. The van der Waals surface area contributed by atoms with Crippen molar-refractivity contribution in [2.75, 3.05) is 31.6 Å². The van der Waals surface area contributed by atoms with Crippen molar-refractivity contribution in [2.45, 2.75) is 25.2 Å². The summed E-state index contributed by atoms with van der Waals surface area (Å²) in [7, 11) is -2.23. The van der Waals surface area contributed by atoms with Crippen LogP contribution in [0.3, 0.4) is 0 Å². The summed E-state index contributed by atoms with van der Waals surface area (Å²) in [5.74, 6) is -1.07. The summed E-state index contributed by atoms with van der Waals surface area (Å²) >= 11 is 0. The zero-order chi connectivity index (χ0) is 17.9. The third kappa shape index (κ3) is 3.44. The quantitative estimate of drug-likeness (QED) is 0.718. The summed E-state index contributed by atoms with van der Waals surface area (Å²) in [6.45, 7) is 4.60. The lowest BCUT2D eigenvalue weighted by Crippen LogP contribution is -2.30. The summed E-state index contributed by atoms with van der Waals surface area (Å²) < 4.78 is 31.0. The summed E-state index contributed by atoms with van der Waals surface area (Å²) in [5.41, 5.74) is 0.574. The molecule has 0 bridgehead atoms. The van der Waals surface area contributed by atoms with E-state index in [1.807, 2.05) is 0 Å². The van der Waals surface area contributed by atoms with Gasteiger partial charge in [-0.05, 0) is 24.3 Å². The fourth-order valence-electron chi connectivity index (χ4n) is 2.79. The average molecular weight is 354 g/mol. The van der Waals surface area contributed by atoms with Gasteiger partial charge in [0.15, 0.2) is 0 Å². The van der Waals surface area contributed by atoms with E-state index in [2.05, 4.69) is 4.74 Å². The molecule has 1 heterocycles. The topological polar surface area (TPSA) is 84.0 Å². The molecule has 2 rings (SSSR count). The van der Waals surface area contributed by atoms with Crippen LogP contribution in [0.4, 0.5) is 5.69 Å². The molecular weight excluding hydrogens is 332 g/mol. The van der Waals surface area contributed by atoms with E-state index < -0.39 is 21.9 Å². The van der Waals surface area contributed by atoms with Gasteiger partial charge in [-0.15, -0.1) is 0 Å². The Hall–Kier alpha value is -1.93. The van der Waals surface area contributed by atoms with Crippen LogP contribution in [0.1, 0.15) is 20.3 Å².